The van der Waals surface area contributed by atoms with Gasteiger partial charge >= 0.3 is 6.09 Å². The van der Waals surface area contributed by atoms with Crippen molar-refractivity contribution >= 4 is 22.0 Å². The first-order chi connectivity index (χ1) is 11.9. The Kier molecular flexibility index (Phi) is 6.51. The molecule has 0 bridgehead atoms. The molecule has 1 N–H and O–H groups in total. The maximum atomic E-state index is 12.3. The SMILES string of the molecule is CC(C)(C)OC(=O)N1CC(OCC(=O)N2CCCC(NS(C)(=O)=O)C2)C1. The van der Waals surface area contributed by atoms with Crippen LogP contribution < -0.4 is 4.72 Å². The Hall–Kier alpha value is -1.39. The number of nitrogens with one attached hydrogen (secondary N) is 1. The van der Waals surface area contributed by atoms with Crippen LogP contribution in [0.2, 0.25) is 0 Å². The van der Waals surface area contributed by atoms with E-state index in [9.17, 15) is 18.0 Å². The summed E-state index contributed by atoms with van der Waals surface area (Å²) in [6.07, 6.45) is 2.01. The number of carbonyl (C=O) groups excluding carboxylic acids is 2. The van der Waals surface area contributed by atoms with E-state index in [0.717, 1.165) is 12.7 Å². The van der Waals surface area contributed by atoms with Crippen LogP contribution in [0.3, 0.4) is 0 Å². The fraction of sp³-hybridized carbons (Fsp3) is 0.875. The van der Waals surface area contributed by atoms with Gasteiger partial charge in [-0.05, 0) is 33.6 Å². The Morgan fingerprint density at radius 3 is 2.38 bits per heavy atom. The van der Waals surface area contributed by atoms with Gasteiger partial charge < -0.3 is 19.3 Å². The number of piperidine rings is 1. The molecule has 0 aromatic carbocycles. The molecule has 1 unspecified atom stereocenters. The minimum atomic E-state index is -3.29. The van der Waals surface area contributed by atoms with Gasteiger partial charge in [-0.2, -0.15) is 0 Å². The predicted octanol–water partition coefficient (Wildman–Crippen LogP) is 0.163. The van der Waals surface area contributed by atoms with Crippen molar-refractivity contribution < 1.29 is 27.5 Å². The van der Waals surface area contributed by atoms with Crippen LogP contribution in [0.1, 0.15) is 33.6 Å². The molecule has 150 valence electrons. The van der Waals surface area contributed by atoms with Crippen molar-refractivity contribution in [2.75, 3.05) is 39.0 Å². The first kappa shape index (κ1) is 20.9. The zero-order valence-corrected chi connectivity index (χ0v) is 16.7. The van der Waals surface area contributed by atoms with Crippen LogP contribution in [0.5, 0.6) is 0 Å². The van der Waals surface area contributed by atoms with Gasteiger partial charge in [0.2, 0.25) is 15.9 Å². The van der Waals surface area contributed by atoms with E-state index in [-0.39, 0.29) is 30.8 Å². The molecule has 2 saturated heterocycles. The average molecular weight is 391 g/mol. The quantitative estimate of drug-likeness (QED) is 0.716. The van der Waals surface area contributed by atoms with Gasteiger partial charge in [-0.1, -0.05) is 0 Å². The second-order valence-corrected chi connectivity index (χ2v) is 9.67. The van der Waals surface area contributed by atoms with Crippen LogP contribution in [0.4, 0.5) is 4.79 Å². The standard InChI is InChI=1S/C16H29N3O6S/c1-16(2,3)25-15(21)19-9-13(10-19)24-11-14(20)18-7-5-6-12(8-18)17-26(4,22)23/h12-13,17H,5-11H2,1-4H3. The van der Waals surface area contributed by atoms with Gasteiger partial charge in [-0.3, -0.25) is 4.79 Å². The normalized spacial score (nSPS) is 22.1. The Balaban J connectivity index is 1.69. The lowest BCUT2D eigenvalue weighted by Gasteiger charge is -2.39. The topological polar surface area (TPSA) is 105 Å². The third kappa shape index (κ3) is 6.73. The molecule has 1 atom stereocenters. The van der Waals surface area contributed by atoms with Crippen LogP contribution in [0.25, 0.3) is 0 Å². The summed E-state index contributed by atoms with van der Waals surface area (Å²) in [4.78, 5) is 27.3. The lowest BCUT2D eigenvalue weighted by atomic mass is 10.1. The lowest BCUT2D eigenvalue weighted by Crippen LogP contribution is -2.57. The average Bonchev–Trinajstić information content (AvgIpc) is 2.41. The van der Waals surface area contributed by atoms with Crippen LogP contribution >= 0.6 is 0 Å². The number of ether oxygens (including phenoxy) is 2. The summed E-state index contributed by atoms with van der Waals surface area (Å²) in [5.41, 5.74) is -0.538. The molecule has 2 amide bonds. The maximum absolute atomic E-state index is 12.3. The van der Waals surface area contributed by atoms with E-state index in [2.05, 4.69) is 4.72 Å². The predicted molar refractivity (Wildman–Crippen MR) is 95.1 cm³/mol. The largest absolute Gasteiger partial charge is 0.444 e. The lowest BCUT2D eigenvalue weighted by molar-refractivity contribution is -0.143. The van der Waals surface area contributed by atoms with Crippen LogP contribution in [0, 0.1) is 0 Å². The van der Waals surface area contributed by atoms with E-state index in [1.165, 1.54) is 4.90 Å². The minimum Gasteiger partial charge on any atom is -0.444 e. The molecule has 10 heteroatoms. The molecule has 2 aliphatic rings. The molecular formula is C16H29N3O6S. The molecule has 2 rings (SSSR count). The second kappa shape index (κ2) is 8.10. The molecule has 0 saturated carbocycles. The molecule has 0 aliphatic carbocycles. The molecule has 2 heterocycles. The van der Waals surface area contributed by atoms with Crippen molar-refractivity contribution in [3.63, 3.8) is 0 Å². The van der Waals surface area contributed by atoms with Gasteiger partial charge in [0.05, 0.1) is 25.4 Å². The van der Waals surface area contributed by atoms with E-state index in [1.54, 1.807) is 4.90 Å². The van der Waals surface area contributed by atoms with Crippen molar-refractivity contribution in [3.8, 4) is 0 Å². The number of hydrogen-bond donors (Lipinski definition) is 1. The van der Waals surface area contributed by atoms with Crippen LogP contribution in [-0.4, -0.2) is 87.0 Å². The van der Waals surface area contributed by atoms with Gasteiger partial charge in [0.15, 0.2) is 0 Å². The molecule has 0 aromatic heterocycles. The van der Waals surface area contributed by atoms with Crippen molar-refractivity contribution in [2.45, 2.75) is 51.4 Å². The van der Waals surface area contributed by atoms with E-state index >= 15 is 0 Å². The number of hydrogen-bond acceptors (Lipinski definition) is 6. The monoisotopic (exact) mass is 391 g/mol. The second-order valence-electron chi connectivity index (χ2n) is 7.89. The van der Waals surface area contributed by atoms with Crippen molar-refractivity contribution in [2.24, 2.45) is 0 Å². The third-order valence-electron chi connectivity index (χ3n) is 4.10. The number of rotatable bonds is 5. The summed E-state index contributed by atoms with van der Waals surface area (Å²) in [5, 5.41) is 0. The van der Waals surface area contributed by atoms with Gasteiger partial charge in [0.25, 0.3) is 0 Å². The highest BCUT2D eigenvalue weighted by Crippen LogP contribution is 2.17. The zero-order chi connectivity index (χ0) is 19.5. The number of nitrogens with zero attached hydrogens (tertiary/aromatic N) is 2. The molecule has 2 fully saturated rings. The Morgan fingerprint density at radius 1 is 1.15 bits per heavy atom. The summed E-state index contributed by atoms with van der Waals surface area (Å²) in [5.74, 6) is -0.166. The number of amides is 2. The van der Waals surface area contributed by atoms with Crippen molar-refractivity contribution in [3.05, 3.63) is 0 Å². The van der Waals surface area contributed by atoms with Crippen molar-refractivity contribution in [1.29, 1.82) is 0 Å². The summed E-state index contributed by atoms with van der Waals surface area (Å²) in [6.45, 7) is 7.10. The van der Waals surface area contributed by atoms with Crippen LogP contribution in [0.15, 0.2) is 0 Å². The van der Waals surface area contributed by atoms with E-state index in [1.807, 2.05) is 20.8 Å². The smallest absolute Gasteiger partial charge is 0.410 e. The highest BCUT2D eigenvalue weighted by molar-refractivity contribution is 7.88. The van der Waals surface area contributed by atoms with Crippen LogP contribution in [-0.2, 0) is 24.3 Å². The summed E-state index contributed by atoms with van der Waals surface area (Å²) in [7, 11) is -3.29. The fourth-order valence-electron chi connectivity index (χ4n) is 2.90. The Labute approximate surface area is 155 Å². The highest BCUT2D eigenvalue weighted by atomic mass is 32.2. The molecule has 0 spiro atoms. The van der Waals surface area contributed by atoms with Crippen molar-refractivity contribution in [1.82, 2.24) is 14.5 Å². The van der Waals surface area contributed by atoms with Gasteiger partial charge in [-0.15, -0.1) is 0 Å². The summed E-state index contributed by atoms with van der Waals surface area (Å²) >= 11 is 0. The van der Waals surface area contributed by atoms with E-state index in [4.69, 9.17) is 9.47 Å². The fourth-order valence-corrected chi connectivity index (χ4v) is 3.70. The Bertz CT molecular complexity index is 624. The summed E-state index contributed by atoms with van der Waals surface area (Å²) < 4.78 is 36.0. The van der Waals surface area contributed by atoms with Gasteiger partial charge in [0.1, 0.15) is 12.2 Å². The van der Waals surface area contributed by atoms with E-state index < -0.39 is 15.6 Å². The Morgan fingerprint density at radius 2 is 1.81 bits per heavy atom. The molecule has 0 aromatic rings. The minimum absolute atomic E-state index is 0.0710. The number of carbonyl (C=O) groups is 2. The first-order valence-electron chi connectivity index (χ1n) is 8.77. The molecule has 9 nitrogen and oxygen atoms in total. The number of sulfonamides is 1. The van der Waals surface area contributed by atoms with Gasteiger partial charge in [-0.25, -0.2) is 17.9 Å². The maximum Gasteiger partial charge on any atom is 0.410 e. The zero-order valence-electron chi connectivity index (χ0n) is 15.9. The van der Waals surface area contributed by atoms with E-state index in [0.29, 0.717) is 32.6 Å². The highest BCUT2D eigenvalue weighted by Gasteiger charge is 2.35. The van der Waals surface area contributed by atoms with Gasteiger partial charge in [0, 0.05) is 19.1 Å². The molecule has 0 radical (unpaired) electrons. The molecule has 2 aliphatic heterocycles. The first-order valence-corrected chi connectivity index (χ1v) is 10.7. The molecule has 26 heavy (non-hydrogen) atoms. The summed E-state index contributed by atoms with van der Waals surface area (Å²) in [6, 6.07) is -0.255. The molecular weight excluding hydrogens is 362 g/mol. The number of likely N-dealkylation sites (tertiary alicyclic amines) is 2. The third-order valence-corrected chi connectivity index (χ3v) is 4.86.